The van der Waals surface area contributed by atoms with Crippen molar-refractivity contribution in [2.45, 2.75) is 50.6 Å². The average Bonchev–Trinajstić information content (AvgIpc) is 3.85. The topological polar surface area (TPSA) is 141 Å². The molecule has 3 aromatic carbocycles. The molecule has 0 fully saturated rings. The van der Waals surface area contributed by atoms with Crippen LogP contribution in [0.2, 0.25) is 0 Å². The van der Waals surface area contributed by atoms with E-state index >= 15 is 0 Å². The van der Waals surface area contributed by atoms with Crippen molar-refractivity contribution in [1.29, 1.82) is 0 Å². The molecule has 11 nitrogen and oxygen atoms in total. The van der Waals surface area contributed by atoms with Crippen molar-refractivity contribution >= 4 is 17.7 Å². The van der Waals surface area contributed by atoms with Gasteiger partial charge in [-0.25, -0.2) is 14.8 Å². The van der Waals surface area contributed by atoms with Gasteiger partial charge in [-0.2, -0.15) is 0 Å². The number of amides is 2. The van der Waals surface area contributed by atoms with Gasteiger partial charge in [-0.1, -0.05) is 74.5 Å². The van der Waals surface area contributed by atoms with E-state index in [0.717, 1.165) is 27.9 Å². The largest absolute Gasteiger partial charge is 0.469 e. The van der Waals surface area contributed by atoms with Crippen LogP contribution in [0.1, 0.15) is 53.8 Å². The third-order valence-electron chi connectivity index (χ3n) is 8.90. The maximum atomic E-state index is 14.0. The molecule has 5 aromatic rings. The van der Waals surface area contributed by atoms with E-state index in [0.29, 0.717) is 28.9 Å². The first-order valence-electron chi connectivity index (χ1n) is 15.3. The minimum absolute atomic E-state index is 0.0750. The molecule has 1 unspecified atom stereocenters. The van der Waals surface area contributed by atoms with E-state index in [-0.39, 0.29) is 18.9 Å². The molecule has 5 heterocycles. The maximum absolute atomic E-state index is 14.0. The molecule has 0 aliphatic carbocycles. The summed E-state index contributed by atoms with van der Waals surface area (Å²) in [6, 6.07) is 21.6. The number of carbonyl (C=O) groups is 2. The van der Waals surface area contributed by atoms with Crippen LogP contribution in [0.5, 0.6) is 5.75 Å². The van der Waals surface area contributed by atoms with Crippen LogP contribution in [0.4, 0.5) is 10.5 Å². The normalized spacial score (nSPS) is 22.4. The predicted octanol–water partition coefficient (Wildman–Crippen LogP) is 5.47. The standard InChI is InChI=1S/C35H31N5O6/c1-19(2)28-32-40-29(27-16-36-18-44-27)30(46-32)35-22-10-6-7-11-24(22)37-33(35)45-26-13-12-21(14-23(26)35)15-25(31(41)39-28)38-34(42)43-17-20-8-4-3-5-9-20/h3-14,16,18-19,25,28,33,37H,15,17H2,1-2H3,(H,38,42)(H,39,41)/t25-,28-,33-,35?/m0/s1. The van der Waals surface area contributed by atoms with Gasteiger partial charge in [0.2, 0.25) is 11.8 Å². The molecular formula is C35H31N5O6. The van der Waals surface area contributed by atoms with Crippen LogP contribution in [0.3, 0.4) is 0 Å². The summed E-state index contributed by atoms with van der Waals surface area (Å²) < 4.78 is 24.6. The Labute approximate surface area is 264 Å². The molecule has 2 aromatic heterocycles. The molecular weight excluding hydrogens is 586 g/mol. The third-order valence-corrected chi connectivity index (χ3v) is 8.90. The second-order valence-corrected chi connectivity index (χ2v) is 12.1. The summed E-state index contributed by atoms with van der Waals surface area (Å²) in [4.78, 5) is 36.1. The number of hydrogen-bond donors (Lipinski definition) is 3. The molecule has 0 saturated heterocycles. The van der Waals surface area contributed by atoms with E-state index < -0.39 is 35.7 Å². The number of hydrogen-bond acceptors (Lipinski definition) is 9. The number of ether oxygens (including phenoxy) is 2. The zero-order chi connectivity index (χ0) is 31.4. The molecule has 2 amide bonds. The highest BCUT2D eigenvalue weighted by atomic mass is 16.5. The summed E-state index contributed by atoms with van der Waals surface area (Å²) in [5, 5.41) is 9.46. The monoisotopic (exact) mass is 617 g/mol. The number of aromatic nitrogens is 2. The molecule has 1 spiro atoms. The smallest absolute Gasteiger partial charge is 0.408 e. The van der Waals surface area contributed by atoms with E-state index in [1.165, 1.54) is 6.39 Å². The van der Waals surface area contributed by atoms with Crippen LogP contribution in [0, 0.1) is 5.92 Å². The van der Waals surface area contributed by atoms with Gasteiger partial charge in [-0.3, -0.25) is 4.79 Å². The Bertz CT molecular complexity index is 1940. The molecule has 232 valence electrons. The van der Waals surface area contributed by atoms with Crippen molar-refractivity contribution in [3.63, 3.8) is 0 Å². The minimum atomic E-state index is -0.951. The number of nitrogens with zero attached hydrogens (tertiary/aromatic N) is 2. The van der Waals surface area contributed by atoms with Crippen molar-refractivity contribution < 1.29 is 27.9 Å². The lowest BCUT2D eigenvalue weighted by molar-refractivity contribution is -0.124. The third kappa shape index (κ3) is 4.41. The highest BCUT2D eigenvalue weighted by Crippen LogP contribution is 2.59. The fourth-order valence-corrected chi connectivity index (χ4v) is 6.71. The number of rotatable bonds is 5. The molecule has 8 rings (SSSR count). The number of oxazole rings is 2. The molecule has 4 atom stereocenters. The molecule has 46 heavy (non-hydrogen) atoms. The Morgan fingerprint density at radius 2 is 1.89 bits per heavy atom. The highest BCUT2D eigenvalue weighted by molar-refractivity contribution is 5.86. The summed E-state index contributed by atoms with van der Waals surface area (Å²) >= 11 is 0. The lowest BCUT2D eigenvalue weighted by Crippen LogP contribution is -2.49. The van der Waals surface area contributed by atoms with Crippen LogP contribution in [-0.4, -0.2) is 34.2 Å². The van der Waals surface area contributed by atoms with Gasteiger partial charge in [-0.05, 0) is 34.7 Å². The maximum Gasteiger partial charge on any atom is 0.408 e. The Kier molecular flexibility index (Phi) is 6.55. The zero-order valence-corrected chi connectivity index (χ0v) is 25.2. The summed E-state index contributed by atoms with van der Waals surface area (Å²) in [6.07, 6.45) is 1.92. The van der Waals surface area contributed by atoms with Crippen molar-refractivity contribution in [1.82, 2.24) is 20.6 Å². The second-order valence-electron chi connectivity index (χ2n) is 12.1. The number of alkyl carbamates (subject to hydrolysis) is 1. The zero-order valence-electron chi connectivity index (χ0n) is 25.2. The van der Waals surface area contributed by atoms with Crippen LogP contribution < -0.4 is 20.7 Å². The molecule has 11 heteroatoms. The quantitative estimate of drug-likeness (QED) is 0.234. The summed E-state index contributed by atoms with van der Waals surface area (Å²) in [5.41, 5.74) is 3.90. The lowest BCUT2D eigenvalue weighted by Gasteiger charge is -2.28. The van der Waals surface area contributed by atoms with Gasteiger partial charge in [0.15, 0.2) is 29.8 Å². The number of para-hydroxylation sites is 1. The summed E-state index contributed by atoms with van der Waals surface area (Å²) in [6.45, 7) is 4.02. The van der Waals surface area contributed by atoms with Crippen molar-refractivity contribution in [3.8, 4) is 17.2 Å². The lowest BCUT2D eigenvalue weighted by atomic mass is 9.72. The molecule has 0 radical (unpaired) electrons. The van der Waals surface area contributed by atoms with Crippen LogP contribution in [0.15, 0.2) is 94.2 Å². The van der Waals surface area contributed by atoms with E-state index in [2.05, 4.69) is 27.0 Å². The Morgan fingerprint density at radius 1 is 1.07 bits per heavy atom. The number of anilines is 1. The fraction of sp³-hybridized carbons (Fsp3) is 0.257. The second kappa shape index (κ2) is 10.8. The van der Waals surface area contributed by atoms with Gasteiger partial charge >= 0.3 is 6.09 Å². The minimum Gasteiger partial charge on any atom is -0.469 e. The van der Waals surface area contributed by atoms with Crippen molar-refractivity contribution in [3.05, 3.63) is 119 Å². The number of fused-ring (bicyclic) bond motifs is 4. The van der Waals surface area contributed by atoms with E-state index in [4.69, 9.17) is 23.3 Å². The first-order chi connectivity index (χ1) is 22.4. The van der Waals surface area contributed by atoms with Crippen LogP contribution in [-0.2, 0) is 28.0 Å². The van der Waals surface area contributed by atoms with E-state index in [1.54, 1.807) is 6.20 Å². The average molecular weight is 618 g/mol. The molecule has 0 saturated carbocycles. The van der Waals surface area contributed by atoms with E-state index in [9.17, 15) is 9.59 Å². The van der Waals surface area contributed by atoms with Gasteiger partial charge < -0.3 is 34.3 Å². The van der Waals surface area contributed by atoms with Crippen LogP contribution in [0.25, 0.3) is 11.5 Å². The van der Waals surface area contributed by atoms with Crippen molar-refractivity contribution in [2.24, 2.45) is 5.92 Å². The van der Waals surface area contributed by atoms with Gasteiger partial charge in [0.1, 0.15) is 29.9 Å². The summed E-state index contributed by atoms with van der Waals surface area (Å²) in [7, 11) is 0. The molecule has 3 aliphatic heterocycles. The Morgan fingerprint density at radius 3 is 2.70 bits per heavy atom. The Balaban J connectivity index is 1.27. The Hall–Kier alpha value is -5.58. The number of nitrogens with one attached hydrogen (secondary N) is 3. The number of benzene rings is 3. The number of carbonyl (C=O) groups excluding carboxylic acids is 2. The first kappa shape index (κ1) is 27.9. The highest BCUT2D eigenvalue weighted by Gasteiger charge is 2.61. The van der Waals surface area contributed by atoms with Gasteiger partial charge in [-0.15, -0.1) is 0 Å². The van der Waals surface area contributed by atoms with E-state index in [1.807, 2.05) is 80.6 Å². The first-order valence-corrected chi connectivity index (χ1v) is 15.3. The molecule has 4 bridgehead atoms. The fourth-order valence-electron chi connectivity index (χ4n) is 6.71. The van der Waals surface area contributed by atoms with Gasteiger partial charge in [0.05, 0.1) is 6.20 Å². The van der Waals surface area contributed by atoms with Gasteiger partial charge in [0, 0.05) is 17.7 Å². The SMILES string of the molecule is CC(C)[C@@H]1NC(=O)[C@@H](NC(=O)OCc2ccccc2)Cc2ccc3c(c2)C2(c4ccccc4N[C@H]2O3)c2oc1nc2-c1cnco1. The molecule has 3 aliphatic rings. The van der Waals surface area contributed by atoms with Crippen LogP contribution >= 0.6 is 0 Å². The summed E-state index contributed by atoms with van der Waals surface area (Å²) in [5.74, 6) is 1.41. The van der Waals surface area contributed by atoms with Gasteiger partial charge in [0.25, 0.3) is 0 Å². The van der Waals surface area contributed by atoms with Crippen molar-refractivity contribution in [2.75, 3.05) is 5.32 Å². The predicted molar refractivity (Wildman–Crippen MR) is 166 cm³/mol. The molecule has 3 N–H and O–H groups in total.